The van der Waals surface area contributed by atoms with Crippen molar-refractivity contribution in [3.05, 3.63) is 54.1 Å². The van der Waals surface area contributed by atoms with Crippen LogP contribution in [0.4, 0.5) is 17.1 Å². The first kappa shape index (κ1) is 19.5. The van der Waals surface area contributed by atoms with E-state index in [9.17, 15) is 18.0 Å². The number of hydrogen-bond acceptors (Lipinski definition) is 4. The second-order valence-electron chi connectivity index (χ2n) is 5.91. The van der Waals surface area contributed by atoms with E-state index in [1.54, 1.807) is 48.5 Å². The summed E-state index contributed by atoms with van der Waals surface area (Å²) in [6.45, 7) is 2.96. The van der Waals surface area contributed by atoms with Crippen molar-refractivity contribution in [2.75, 3.05) is 27.7 Å². The highest BCUT2D eigenvalue weighted by Crippen LogP contribution is 2.19. The van der Waals surface area contributed by atoms with Gasteiger partial charge in [0.2, 0.25) is 21.8 Å². The molecule has 0 saturated heterocycles. The van der Waals surface area contributed by atoms with Gasteiger partial charge < -0.3 is 10.6 Å². The van der Waals surface area contributed by atoms with Crippen LogP contribution in [0.25, 0.3) is 0 Å². The zero-order valence-electron chi connectivity index (χ0n) is 14.8. The van der Waals surface area contributed by atoms with Gasteiger partial charge in [-0.15, -0.1) is 0 Å². The smallest absolute Gasteiger partial charge is 0.245 e. The maximum Gasteiger partial charge on any atom is 0.245 e. The van der Waals surface area contributed by atoms with E-state index < -0.39 is 15.9 Å². The summed E-state index contributed by atoms with van der Waals surface area (Å²) in [4.78, 5) is 23.3. The van der Waals surface area contributed by atoms with Gasteiger partial charge in [0.25, 0.3) is 0 Å². The number of benzene rings is 2. The van der Waals surface area contributed by atoms with Gasteiger partial charge in [-0.2, -0.15) is 0 Å². The number of anilines is 3. The molecule has 0 atom stereocenters. The molecule has 0 radical (unpaired) electrons. The Balaban J connectivity index is 2.10. The molecule has 2 rings (SSSR count). The normalized spacial score (nSPS) is 10.9. The highest BCUT2D eigenvalue weighted by Gasteiger charge is 2.20. The number of nitrogens with one attached hydrogen (secondary N) is 2. The van der Waals surface area contributed by atoms with Crippen LogP contribution in [0, 0.1) is 6.92 Å². The van der Waals surface area contributed by atoms with Crippen molar-refractivity contribution >= 4 is 38.9 Å². The molecule has 2 amide bonds. The van der Waals surface area contributed by atoms with Crippen molar-refractivity contribution in [1.82, 2.24) is 0 Å². The van der Waals surface area contributed by atoms with Gasteiger partial charge in [0.05, 0.1) is 11.9 Å². The van der Waals surface area contributed by atoms with Crippen LogP contribution in [0.1, 0.15) is 12.5 Å². The van der Waals surface area contributed by atoms with Crippen LogP contribution in [0.2, 0.25) is 0 Å². The SMILES string of the molecule is CC(=O)Nc1ccc(NC(=O)CN(c2ccc(C)cc2)S(C)(=O)=O)cc1. The molecule has 2 aromatic carbocycles. The van der Waals surface area contributed by atoms with Crippen LogP contribution in [-0.4, -0.2) is 33.0 Å². The minimum atomic E-state index is -3.61. The van der Waals surface area contributed by atoms with Crippen LogP contribution in [0.5, 0.6) is 0 Å². The van der Waals surface area contributed by atoms with Gasteiger partial charge in [-0.25, -0.2) is 8.42 Å². The standard InChI is InChI=1S/C18H21N3O4S/c1-13-4-10-17(11-5-13)21(26(3,24)25)12-18(23)20-16-8-6-15(7-9-16)19-14(2)22/h4-11H,12H2,1-3H3,(H,19,22)(H,20,23). The van der Waals surface area contributed by atoms with Crippen molar-refractivity contribution in [1.29, 1.82) is 0 Å². The summed E-state index contributed by atoms with van der Waals surface area (Å²) in [5.41, 5.74) is 2.52. The summed E-state index contributed by atoms with van der Waals surface area (Å²) in [5, 5.41) is 5.27. The van der Waals surface area contributed by atoms with E-state index in [1.807, 2.05) is 6.92 Å². The number of carbonyl (C=O) groups excluding carboxylic acids is 2. The van der Waals surface area contributed by atoms with Crippen LogP contribution in [-0.2, 0) is 19.6 Å². The molecule has 0 unspecified atom stereocenters. The highest BCUT2D eigenvalue weighted by atomic mass is 32.2. The first-order valence-electron chi connectivity index (χ1n) is 7.87. The van der Waals surface area contributed by atoms with E-state index in [1.165, 1.54) is 6.92 Å². The van der Waals surface area contributed by atoms with E-state index >= 15 is 0 Å². The Morgan fingerprint density at radius 2 is 1.42 bits per heavy atom. The van der Waals surface area contributed by atoms with E-state index in [-0.39, 0.29) is 12.5 Å². The number of hydrogen-bond donors (Lipinski definition) is 2. The molecule has 0 aromatic heterocycles. The molecule has 2 N–H and O–H groups in total. The number of rotatable bonds is 6. The molecule has 138 valence electrons. The molecule has 0 heterocycles. The summed E-state index contributed by atoms with van der Waals surface area (Å²) in [7, 11) is -3.61. The lowest BCUT2D eigenvalue weighted by atomic mass is 10.2. The van der Waals surface area contributed by atoms with Gasteiger partial charge in [0.1, 0.15) is 6.54 Å². The fraction of sp³-hybridized carbons (Fsp3) is 0.222. The first-order chi connectivity index (χ1) is 12.1. The van der Waals surface area contributed by atoms with Gasteiger partial charge in [-0.05, 0) is 43.3 Å². The zero-order valence-corrected chi connectivity index (χ0v) is 15.6. The Bertz CT molecular complexity index is 891. The van der Waals surface area contributed by atoms with Crippen molar-refractivity contribution in [3.63, 3.8) is 0 Å². The third kappa shape index (κ3) is 5.59. The molecule has 0 bridgehead atoms. The average Bonchev–Trinajstić information content (AvgIpc) is 2.54. The first-order valence-corrected chi connectivity index (χ1v) is 9.72. The summed E-state index contributed by atoms with van der Waals surface area (Å²) < 4.78 is 25.2. The van der Waals surface area contributed by atoms with Gasteiger partial charge >= 0.3 is 0 Å². The second kappa shape index (κ2) is 8.01. The zero-order chi connectivity index (χ0) is 19.3. The highest BCUT2D eigenvalue weighted by molar-refractivity contribution is 7.92. The Morgan fingerprint density at radius 1 is 0.923 bits per heavy atom. The van der Waals surface area contributed by atoms with Crippen molar-refractivity contribution < 1.29 is 18.0 Å². The number of amides is 2. The van der Waals surface area contributed by atoms with Gasteiger partial charge in [-0.1, -0.05) is 17.7 Å². The van der Waals surface area contributed by atoms with Crippen molar-refractivity contribution in [2.24, 2.45) is 0 Å². The monoisotopic (exact) mass is 375 g/mol. The van der Waals surface area contributed by atoms with Crippen LogP contribution < -0.4 is 14.9 Å². The number of aryl methyl sites for hydroxylation is 1. The summed E-state index contributed by atoms with van der Waals surface area (Å²) >= 11 is 0. The van der Waals surface area contributed by atoms with E-state index in [0.717, 1.165) is 16.1 Å². The Kier molecular flexibility index (Phi) is 5.99. The number of carbonyl (C=O) groups is 2. The van der Waals surface area contributed by atoms with Gasteiger partial charge in [-0.3, -0.25) is 13.9 Å². The maximum absolute atomic E-state index is 12.3. The fourth-order valence-electron chi connectivity index (χ4n) is 2.28. The lowest BCUT2D eigenvalue weighted by molar-refractivity contribution is -0.115. The maximum atomic E-state index is 12.3. The topological polar surface area (TPSA) is 95.6 Å². The van der Waals surface area contributed by atoms with E-state index in [2.05, 4.69) is 10.6 Å². The summed E-state index contributed by atoms with van der Waals surface area (Å²) in [6.07, 6.45) is 1.06. The van der Waals surface area contributed by atoms with Crippen LogP contribution in [0.3, 0.4) is 0 Å². The average molecular weight is 375 g/mol. The van der Waals surface area contributed by atoms with Gasteiger partial charge in [0.15, 0.2) is 0 Å². The molecular formula is C18H21N3O4S. The van der Waals surface area contributed by atoms with Crippen LogP contribution >= 0.6 is 0 Å². The Labute approximate surface area is 153 Å². The number of nitrogens with zero attached hydrogens (tertiary/aromatic N) is 1. The number of sulfonamides is 1. The van der Waals surface area contributed by atoms with Crippen LogP contribution in [0.15, 0.2) is 48.5 Å². The molecule has 0 spiro atoms. The van der Waals surface area contributed by atoms with Gasteiger partial charge in [0, 0.05) is 18.3 Å². The summed E-state index contributed by atoms with van der Waals surface area (Å²) in [6, 6.07) is 13.4. The second-order valence-corrected chi connectivity index (χ2v) is 7.82. The quantitative estimate of drug-likeness (QED) is 0.810. The molecule has 0 fully saturated rings. The molecule has 8 heteroatoms. The minimum Gasteiger partial charge on any atom is -0.326 e. The Hall–Kier alpha value is -2.87. The largest absolute Gasteiger partial charge is 0.326 e. The minimum absolute atomic E-state index is 0.191. The van der Waals surface area contributed by atoms with E-state index in [4.69, 9.17) is 0 Å². The third-order valence-corrected chi connectivity index (χ3v) is 4.64. The lowest BCUT2D eigenvalue weighted by Crippen LogP contribution is -2.37. The van der Waals surface area contributed by atoms with Crippen molar-refractivity contribution in [2.45, 2.75) is 13.8 Å². The molecule has 2 aromatic rings. The third-order valence-electron chi connectivity index (χ3n) is 3.50. The van der Waals surface area contributed by atoms with Crippen molar-refractivity contribution in [3.8, 4) is 0 Å². The predicted molar refractivity (Wildman–Crippen MR) is 103 cm³/mol. The molecule has 0 aliphatic carbocycles. The Morgan fingerprint density at radius 3 is 1.88 bits per heavy atom. The molecule has 7 nitrogen and oxygen atoms in total. The molecular weight excluding hydrogens is 354 g/mol. The molecule has 0 aliphatic rings. The summed E-state index contributed by atoms with van der Waals surface area (Å²) in [5.74, 6) is -0.660. The molecule has 26 heavy (non-hydrogen) atoms. The predicted octanol–water partition coefficient (Wildman–Crippen LogP) is 2.36. The molecule has 0 saturated carbocycles. The lowest BCUT2D eigenvalue weighted by Gasteiger charge is -2.22. The molecule has 0 aliphatic heterocycles. The fourth-order valence-corrected chi connectivity index (χ4v) is 3.14. The van der Waals surface area contributed by atoms with E-state index in [0.29, 0.717) is 17.1 Å².